The van der Waals surface area contributed by atoms with Crippen molar-refractivity contribution >= 4 is 11.5 Å². The van der Waals surface area contributed by atoms with E-state index in [1.165, 1.54) is 11.6 Å². The smallest absolute Gasteiger partial charge is 0.328 e. The van der Waals surface area contributed by atoms with E-state index in [9.17, 15) is 4.79 Å². The first-order valence-corrected chi connectivity index (χ1v) is 8.08. The Balaban J connectivity index is 2.15. The molecule has 2 aromatic carbocycles. The van der Waals surface area contributed by atoms with Gasteiger partial charge in [0.2, 0.25) is 0 Å². The molecule has 0 fully saturated rings. The zero-order valence-corrected chi connectivity index (χ0v) is 14.3. The first kappa shape index (κ1) is 16.8. The fourth-order valence-electron chi connectivity index (χ4n) is 3.15. The lowest BCUT2D eigenvalue weighted by atomic mass is 9.82. The normalized spacial score (nSPS) is 13.7. The Bertz CT molecular complexity index is 845. The molecule has 0 spiro atoms. The second-order valence-electron chi connectivity index (χ2n) is 5.82. The number of fused-ring (bicyclic) bond motifs is 1. The van der Waals surface area contributed by atoms with E-state index in [1.54, 1.807) is 20.3 Å². The maximum Gasteiger partial charge on any atom is 0.328 e. The van der Waals surface area contributed by atoms with Gasteiger partial charge in [0.05, 0.1) is 14.2 Å². The van der Waals surface area contributed by atoms with Crippen LogP contribution in [-0.4, -0.2) is 25.3 Å². The van der Waals surface area contributed by atoms with Gasteiger partial charge in [0.15, 0.2) is 0 Å². The van der Waals surface area contributed by atoms with Gasteiger partial charge in [-0.15, -0.1) is 0 Å². The molecule has 0 aromatic heterocycles. The van der Waals surface area contributed by atoms with Gasteiger partial charge in [-0.3, -0.25) is 0 Å². The van der Waals surface area contributed by atoms with Crippen LogP contribution in [-0.2, 0) is 11.2 Å². The van der Waals surface area contributed by atoms with Crippen LogP contribution in [0.3, 0.4) is 0 Å². The molecule has 0 radical (unpaired) electrons. The van der Waals surface area contributed by atoms with Crippen molar-refractivity contribution in [2.24, 2.45) is 0 Å². The second kappa shape index (κ2) is 7.26. The van der Waals surface area contributed by atoms with E-state index in [4.69, 9.17) is 14.6 Å². The van der Waals surface area contributed by atoms with E-state index >= 15 is 0 Å². The molecule has 2 aromatic rings. The Hall–Kier alpha value is -3.01. The minimum Gasteiger partial charge on any atom is -0.497 e. The Morgan fingerprint density at radius 3 is 2.32 bits per heavy atom. The predicted molar refractivity (Wildman–Crippen MR) is 97.1 cm³/mol. The summed E-state index contributed by atoms with van der Waals surface area (Å²) in [5.74, 6) is 0.678. The number of methoxy groups -OCH3 is 2. The molecule has 0 unspecified atom stereocenters. The molecule has 4 heteroatoms. The van der Waals surface area contributed by atoms with E-state index in [0.717, 1.165) is 46.6 Å². The SMILES string of the molecule is COc1ccc(C2=C(/C=C/C(=O)O)CCc3cc(OC)ccc32)cc1. The predicted octanol–water partition coefficient (Wildman–Crippen LogP) is 4.09. The van der Waals surface area contributed by atoms with Crippen LogP contribution < -0.4 is 9.47 Å². The number of rotatable bonds is 5. The van der Waals surface area contributed by atoms with Crippen molar-refractivity contribution in [2.75, 3.05) is 14.2 Å². The van der Waals surface area contributed by atoms with Gasteiger partial charge in [0.1, 0.15) is 11.5 Å². The number of ether oxygens (including phenoxy) is 2. The van der Waals surface area contributed by atoms with Crippen LogP contribution in [0, 0.1) is 0 Å². The number of carboxylic acid groups (broad SMARTS) is 1. The topological polar surface area (TPSA) is 55.8 Å². The van der Waals surface area contributed by atoms with Crippen molar-refractivity contribution in [1.29, 1.82) is 0 Å². The quantitative estimate of drug-likeness (QED) is 0.836. The van der Waals surface area contributed by atoms with Crippen LogP contribution in [0.15, 0.2) is 60.2 Å². The molecule has 4 nitrogen and oxygen atoms in total. The summed E-state index contributed by atoms with van der Waals surface area (Å²) in [6.07, 6.45) is 4.54. The number of hydrogen-bond donors (Lipinski definition) is 1. The van der Waals surface area contributed by atoms with Crippen molar-refractivity contribution in [3.05, 3.63) is 76.9 Å². The molecular formula is C21H20O4. The zero-order valence-electron chi connectivity index (χ0n) is 14.3. The first-order valence-electron chi connectivity index (χ1n) is 8.08. The van der Waals surface area contributed by atoms with E-state index in [-0.39, 0.29) is 0 Å². The van der Waals surface area contributed by atoms with Gasteiger partial charge in [-0.1, -0.05) is 24.3 Å². The summed E-state index contributed by atoms with van der Waals surface area (Å²) >= 11 is 0. The third-order valence-corrected chi connectivity index (χ3v) is 4.37. The first-order chi connectivity index (χ1) is 12.1. The molecule has 3 rings (SSSR count). The van der Waals surface area contributed by atoms with Gasteiger partial charge in [-0.2, -0.15) is 0 Å². The van der Waals surface area contributed by atoms with Gasteiger partial charge in [0.25, 0.3) is 0 Å². The summed E-state index contributed by atoms with van der Waals surface area (Å²) in [7, 11) is 3.29. The van der Waals surface area contributed by atoms with Gasteiger partial charge >= 0.3 is 5.97 Å². The lowest BCUT2D eigenvalue weighted by Gasteiger charge is -2.23. The van der Waals surface area contributed by atoms with Crippen molar-refractivity contribution in [3.63, 3.8) is 0 Å². The third kappa shape index (κ3) is 3.58. The summed E-state index contributed by atoms with van der Waals surface area (Å²) in [6, 6.07) is 13.9. The van der Waals surface area contributed by atoms with Crippen molar-refractivity contribution in [3.8, 4) is 11.5 Å². The van der Waals surface area contributed by atoms with Crippen LogP contribution in [0.25, 0.3) is 5.57 Å². The Kier molecular flexibility index (Phi) is 4.89. The summed E-state index contributed by atoms with van der Waals surface area (Å²) in [5, 5.41) is 8.99. The highest BCUT2D eigenvalue weighted by Gasteiger charge is 2.20. The molecule has 0 atom stereocenters. The summed E-state index contributed by atoms with van der Waals surface area (Å²) in [4.78, 5) is 11.0. The molecule has 0 saturated heterocycles. The second-order valence-corrected chi connectivity index (χ2v) is 5.82. The number of carbonyl (C=O) groups is 1. The maximum atomic E-state index is 11.0. The van der Waals surface area contributed by atoms with Gasteiger partial charge < -0.3 is 14.6 Å². The van der Waals surface area contributed by atoms with Crippen LogP contribution in [0.2, 0.25) is 0 Å². The van der Waals surface area contributed by atoms with E-state index in [2.05, 4.69) is 6.07 Å². The third-order valence-electron chi connectivity index (χ3n) is 4.37. The van der Waals surface area contributed by atoms with E-state index in [1.807, 2.05) is 36.4 Å². The number of carboxylic acids is 1. The molecule has 0 bridgehead atoms. The molecule has 25 heavy (non-hydrogen) atoms. The monoisotopic (exact) mass is 336 g/mol. The molecule has 0 saturated carbocycles. The van der Waals surface area contributed by atoms with E-state index in [0.29, 0.717) is 0 Å². The highest BCUT2D eigenvalue weighted by molar-refractivity contribution is 5.88. The van der Waals surface area contributed by atoms with Crippen molar-refractivity contribution in [2.45, 2.75) is 12.8 Å². The summed E-state index contributed by atoms with van der Waals surface area (Å²) in [5.41, 5.74) is 5.44. The minimum absolute atomic E-state index is 0.783. The highest BCUT2D eigenvalue weighted by atomic mass is 16.5. The Morgan fingerprint density at radius 1 is 1.00 bits per heavy atom. The molecular weight excluding hydrogens is 316 g/mol. The standard InChI is InChI=1S/C21H20O4/c1-24-17-8-5-15(6-9-17)21-14(7-12-20(22)23)3-4-16-13-18(25-2)10-11-19(16)21/h5-13H,3-4H2,1-2H3,(H,22,23)/b12-7+. The fraction of sp³-hybridized carbons (Fsp3) is 0.190. The summed E-state index contributed by atoms with van der Waals surface area (Å²) in [6.45, 7) is 0. The lowest BCUT2D eigenvalue weighted by Crippen LogP contribution is -2.06. The number of benzene rings is 2. The van der Waals surface area contributed by atoms with E-state index < -0.39 is 5.97 Å². The number of allylic oxidation sites excluding steroid dienone is 2. The van der Waals surface area contributed by atoms with Crippen molar-refractivity contribution < 1.29 is 19.4 Å². The molecule has 1 aliphatic rings. The fourth-order valence-corrected chi connectivity index (χ4v) is 3.15. The lowest BCUT2D eigenvalue weighted by molar-refractivity contribution is -0.131. The highest BCUT2D eigenvalue weighted by Crippen LogP contribution is 2.38. The number of aryl methyl sites for hydroxylation is 1. The Labute approximate surface area is 147 Å². The minimum atomic E-state index is -0.942. The molecule has 0 aliphatic heterocycles. The summed E-state index contributed by atoms with van der Waals surface area (Å²) < 4.78 is 10.6. The van der Waals surface area contributed by atoms with Gasteiger partial charge in [-0.05, 0) is 64.9 Å². The molecule has 128 valence electrons. The van der Waals surface area contributed by atoms with Crippen molar-refractivity contribution in [1.82, 2.24) is 0 Å². The van der Waals surface area contributed by atoms with Crippen LogP contribution in [0.5, 0.6) is 11.5 Å². The van der Waals surface area contributed by atoms with Crippen LogP contribution in [0.1, 0.15) is 23.1 Å². The number of aliphatic carboxylic acids is 1. The number of hydrogen-bond acceptors (Lipinski definition) is 3. The van der Waals surface area contributed by atoms with Gasteiger partial charge in [0, 0.05) is 6.08 Å². The molecule has 1 N–H and O–H groups in total. The largest absolute Gasteiger partial charge is 0.497 e. The average molecular weight is 336 g/mol. The zero-order chi connectivity index (χ0) is 17.8. The van der Waals surface area contributed by atoms with Crippen LogP contribution in [0.4, 0.5) is 0 Å². The molecule has 1 aliphatic carbocycles. The Morgan fingerprint density at radius 2 is 1.68 bits per heavy atom. The maximum absolute atomic E-state index is 11.0. The molecule has 0 amide bonds. The van der Waals surface area contributed by atoms with Gasteiger partial charge in [-0.25, -0.2) is 4.79 Å². The molecule has 0 heterocycles. The average Bonchev–Trinajstić information content (AvgIpc) is 2.65. The van der Waals surface area contributed by atoms with Crippen LogP contribution >= 0.6 is 0 Å².